The average molecular weight is 270 g/mol. The zero-order valence-corrected chi connectivity index (χ0v) is 11.0. The monoisotopic (exact) mass is 270 g/mol. The van der Waals surface area contributed by atoms with Gasteiger partial charge in [-0.15, -0.1) is 0 Å². The van der Waals surface area contributed by atoms with Crippen LogP contribution in [-0.4, -0.2) is 25.5 Å². The number of nitrogens with zero attached hydrogens (tertiary/aromatic N) is 4. The SMILES string of the molecule is Cc1nc(C(=O)c2ccc(F)cc2)c2cnn(C)c2n1. The van der Waals surface area contributed by atoms with Crippen LogP contribution in [0, 0.1) is 12.7 Å². The Morgan fingerprint density at radius 1 is 1.20 bits per heavy atom. The van der Waals surface area contributed by atoms with Crippen LogP contribution in [0.25, 0.3) is 11.0 Å². The van der Waals surface area contributed by atoms with E-state index in [0.717, 1.165) is 0 Å². The molecule has 0 bridgehead atoms. The van der Waals surface area contributed by atoms with Crippen LogP contribution in [0.5, 0.6) is 0 Å². The normalized spacial score (nSPS) is 10.9. The third-order valence-corrected chi connectivity index (χ3v) is 3.03. The van der Waals surface area contributed by atoms with Crippen LogP contribution in [0.3, 0.4) is 0 Å². The molecule has 0 aliphatic carbocycles. The van der Waals surface area contributed by atoms with Gasteiger partial charge in [0.2, 0.25) is 5.78 Å². The van der Waals surface area contributed by atoms with E-state index in [1.807, 2.05) is 0 Å². The largest absolute Gasteiger partial charge is 0.287 e. The quantitative estimate of drug-likeness (QED) is 0.669. The first-order valence-corrected chi connectivity index (χ1v) is 6.03. The maximum atomic E-state index is 12.9. The third-order valence-electron chi connectivity index (χ3n) is 3.03. The van der Waals surface area contributed by atoms with Crippen LogP contribution in [0.15, 0.2) is 30.5 Å². The third kappa shape index (κ3) is 1.95. The molecule has 0 amide bonds. The number of fused-ring (bicyclic) bond motifs is 1. The molecule has 0 N–H and O–H groups in total. The lowest BCUT2D eigenvalue weighted by Crippen LogP contribution is -2.07. The van der Waals surface area contributed by atoms with Crippen molar-refractivity contribution in [3.8, 4) is 0 Å². The van der Waals surface area contributed by atoms with E-state index < -0.39 is 0 Å². The highest BCUT2D eigenvalue weighted by molar-refractivity contribution is 6.14. The maximum absolute atomic E-state index is 12.9. The molecule has 1 aromatic carbocycles. The van der Waals surface area contributed by atoms with E-state index in [2.05, 4.69) is 15.1 Å². The summed E-state index contributed by atoms with van der Waals surface area (Å²) in [4.78, 5) is 21.0. The molecular formula is C14H11FN4O. The zero-order chi connectivity index (χ0) is 14.3. The molecule has 0 spiro atoms. The number of carbonyl (C=O) groups is 1. The first kappa shape index (κ1) is 12.4. The molecule has 2 aromatic heterocycles. The predicted molar refractivity (Wildman–Crippen MR) is 70.9 cm³/mol. The zero-order valence-electron chi connectivity index (χ0n) is 11.0. The van der Waals surface area contributed by atoms with E-state index in [1.165, 1.54) is 24.3 Å². The summed E-state index contributed by atoms with van der Waals surface area (Å²) in [5.74, 6) is -0.160. The van der Waals surface area contributed by atoms with Crippen molar-refractivity contribution in [2.75, 3.05) is 0 Å². The number of benzene rings is 1. The van der Waals surface area contributed by atoms with Gasteiger partial charge in [0.15, 0.2) is 5.65 Å². The summed E-state index contributed by atoms with van der Waals surface area (Å²) in [6, 6.07) is 5.39. The van der Waals surface area contributed by atoms with Crippen molar-refractivity contribution in [1.29, 1.82) is 0 Å². The highest BCUT2D eigenvalue weighted by Crippen LogP contribution is 2.18. The molecule has 0 fully saturated rings. The molecular weight excluding hydrogens is 259 g/mol. The van der Waals surface area contributed by atoms with Crippen LogP contribution in [0.1, 0.15) is 21.9 Å². The van der Waals surface area contributed by atoms with E-state index >= 15 is 0 Å². The molecule has 0 unspecified atom stereocenters. The van der Waals surface area contributed by atoms with Crippen LogP contribution in [0.4, 0.5) is 4.39 Å². The highest BCUT2D eigenvalue weighted by Gasteiger charge is 2.18. The number of aromatic nitrogens is 4. The molecule has 0 saturated carbocycles. The number of aryl methyl sites for hydroxylation is 2. The second-order valence-electron chi connectivity index (χ2n) is 4.46. The van der Waals surface area contributed by atoms with Crippen molar-refractivity contribution < 1.29 is 9.18 Å². The summed E-state index contributed by atoms with van der Waals surface area (Å²) in [6.07, 6.45) is 1.56. The fourth-order valence-electron chi connectivity index (χ4n) is 2.04. The molecule has 100 valence electrons. The van der Waals surface area contributed by atoms with Gasteiger partial charge in [-0.3, -0.25) is 9.48 Å². The minimum atomic E-state index is -0.382. The van der Waals surface area contributed by atoms with Crippen molar-refractivity contribution in [3.63, 3.8) is 0 Å². The molecule has 20 heavy (non-hydrogen) atoms. The Morgan fingerprint density at radius 3 is 2.60 bits per heavy atom. The van der Waals surface area contributed by atoms with Gasteiger partial charge in [0.25, 0.3) is 0 Å². The van der Waals surface area contributed by atoms with Gasteiger partial charge in [-0.05, 0) is 31.2 Å². The molecule has 6 heteroatoms. The van der Waals surface area contributed by atoms with Crippen molar-refractivity contribution in [2.45, 2.75) is 6.92 Å². The van der Waals surface area contributed by atoms with E-state index in [4.69, 9.17) is 0 Å². The van der Waals surface area contributed by atoms with Gasteiger partial charge < -0.3 is 0 Å². The smallest absolute Gasteiger partial charge is 0.212 e. The number of carbonyl (C=O) groups excluding carboxylic acids is 1. The number of ketones is 1. The molecule has 0 aliphatic heterocycles. The van der Waals surface area contributed by atoms with E-state index in [1.54, 1.807) is 24.9 Å². The fourth-order valence-corrected chi connectivity index (χ4v) is 2.04. The van der Waals surface area contributed by atoms with Crippen LogP contribution in [-0.2, 0) is 7.05 Å². The second kappa shape index (κ2) is 4.48. The second-order valence-corrected chi connectivity index (χ2v) is 4.46. The molecule has 3 aromatic rings. The Labute approximate surface area is 114 Å². The molecule has 0 radical (unpaired) electrons. The predicted octanol–water partition coefficient (Wildman–Crippen LogP) is 2.04. The van der Waals surface area contributed by atoms with Crippen molar-refractivity contribution in [1.82, 2.24) is 19.7 Å². The van der Waals surface area contributed by atoms with E-state index in [-0.39, 0.29) is 17.3 Å². The standard InChI is InChI=1S/C14H11FN4O/c1-8-17-12(11-7-16-19(2)14(11)18-8)13(20)9-3-5-10(15)6-4-9/h3-7H,1-2H3. The van der Waals surface area contributed by atoms with Gasteiger partial charge in [-0.1, -0.05) is 0 Å². The number of rotatable bonds is 2. The minimum absolute atomic E-state index is 0.270. The summed E-state index contributed by atoms with van der Waals surface area (Å²) in [6.45, 7) is 1.72. The number of halogens is 1. The van der Waals surface area contributed by atoms with E-state index in [9.17, 15) is 9.18 Å². The molecule has 5 nitrogen and oxygen atoms in total. The van der Waals surface area contributed by atoms with Gasteiger partial charge in [0.05, 0.1) is 11.6 Å². The first-order valence-electron chi connectivity index (χ1n) is 6.03. The minimum Gasteiger partial charge on any atom is -0.287 e. The summed E-state index contributed by atoms with van der Waals surface area (Å²) in [7, 11) is 1.75. The Bertz CT molecular complexity index is 808. The summed E-state index contributed by atoms with van der Waals surface area (Å²) < 4.78 is 14.5. The van der Waals surface area contributed by atoms with Gasteiger partial charge in [-0.2, -0.15) is 5.10 Å². The van der Waals surface area contributed by atoms with E-state index in [0.29, 0.717) is 22.4 Å². The Morgan fingerprint density at radius 2 is 1.90 bits per heavy atom. The van der Waals surface area contributed by atoms with Crippen LogP contribution < -0.4 is 0 Å². The van der Waals surface area contributed by atoms with Gasteiger partial charge >= 0.3 is 0 Å². The molecule has 0 saturated heterocycles. The number of hydrogen-bond acceptors (Lipinski definition) is 4. The lowest BCUT2D eigenvalue weighted by Gasteiger charge is -2.03. The Balaban J connectivity index is 2.18. The van der Waals surface area contributed by atoms with Crippen LogP contribution in [0.2, 0.25) is 0 Å². The molecule has 2 heterocycles. The lowest BCUT2D eigenvalue weighted by molar-refractivity contribution is 0.103. The van der Waals surface area contributed by atoms with Gasteiger partial charge in [-0.25, -0.2) is 14.4 Å². The average Bonchev–Trinajstić information content (AvgIpc) is 2.80. The van der Waals surface area contributed by atoms with Crippen molar-refractivity contribution in [2.24, 2.45) is 7.05 Å². The highest BCUT2D eigenvalue weighted by atomic mass is 19.1. The first-order chi connectivity index (χ1) is 9.56. The topological polar surface area (TPSA) is 60.7 Å². The lowest BCUT2D eigenvalue weighted by atomic mass is 10.1. The molecule has 0 atom stereocenters. The Hall–Kier alpha value is -2.63. The summed E-state index contributed by atoms with van der Waals surface area (Å²) in [5, 5.41) is 4.68. The fraction of sp³-hybridized carbons (Fsp3) is 0.143. The molecule has 0 aliphatic rings. The van der Waals surface area contributed by atoms with Crippen LogP contribution >= 0.6 is 0 Å². The Kier molecular flexibility index (Phi) is 2.78. The van der Waals surface area contributed by atoms with Gasteiger partial charge in [0, 0.05) is 12.6 Å². The molecule has 3 rings (SSSR count). The van der Waals surface area contributed by atoms with Crippen molar-refractivity contribution >= 4 is 16.8 Å². The summed E-state index contributed by atoms with van der Waals surface area (Å²) in [5.41, 5.74) is 1.27. The number of hydrogen-bond donors (Lipinski definition) is 0. The van der Waals surface area contributed by atoms with Crippen molar-refractivity contribution in [3.05, 3.63) is 53.4 Å². The maximum Gasteiger partial charge on any atom is 0.212 e. The summed E-state index contributed by atoms with van der Waals surface area (Å²) >= 11 is 0. The van der Waals surface area contributed by atoms with Gasteiger partial charge in [0.1, 0.15) is 17.3 Å².